The summed E-state index contributed by atoms with van der Waals surface area (Å²) in [5.74, 6) is -3.08. The third-order valence-electron chi connectivity index (χ3n) is 6.20. The van der Waals surface area contributed by atoms with Crippen molar-refractivity contribution in [3.05, 3.63) is 99.5 Å². The minimum atomic E-state index is -3.87. The van der Waals surface area contributed by atoms with Gasteiger partial charge in [0.25, 0.3) is 0 Å². The van der Waals surface area contributed by atoms with E-state index in [9.17, 15) is 26.8 Å². The van der Waals surface area contributed by atoms with Crippen molar-refractivity contribution in [3.63, 3.8) is 0 Å². The predicted molar refractivity (Wildman–Crippen MR) is 153 cm³/mol. The largest absolute Gasteiger partial charge is 0.357 e. The van der Waals surface area contributed by atoms with Crippen molar-refractivity contribution in [2.45, 2.75) is 31.8 Å². The molecule has 0 saturated heterocycles. The first-order valence-corrected chi connectivity index (χ1v) is 14.9. The minimum Gasteiger partial charge on any atom is -0.357 e. The molecule has 0 bridgehead atoms. The second kappa shape index (κ2) is 13.9. The number of carbonyl (C=O) groups excluding carboxylic acids is 2. The van der Waals surface area contributed by atoms with Crippen LogP contribution in [0.15, 0.2) is 66.7 Å². The van der Waals surface area contributed by atoms with Crippen LogP contribution in [-0.4, -0.2) is 51.0 Å². The van der Waals surface area contributed by atoms with Crippen molar-refractivity contribution in [3.8, 4) is 0 Å². The van der Waals surface area contributed by atoms with Gasteiger partial charge >= 0.3 is 0 Å². The van der Waals surface area contributed by atoms with Crippen LogP contribution in [0.25, 0.3) is 0 Å². The van der Waals surface area contributed by atoms with Gasteiger partial charge in [-0.25, -0.2) is 17.2 Å². The molecule has 3 aromatic rings. The Balaban J connectivity index is 1.87. The molecule has 0 aliphatic heterocycles. The van der Waals surface area contributed by atoms with Crippen molar-refractivity contribution in [2.24, 2.45) is 0 Å². The van der Waals surface area contributed by atoms with Crippen LogP contribution >= 0.6 is 23.2 Å². The van der Waals surface area contributed by atoms with Crippen LogP contribution in [0, 0.1) is 11.6 Å². The van der Waals surface area contributed by atoms with E-state index in [1.54, 1.807) is 18.2 Å². The first-order chi connectivity index (χ1) is 18.9. The fourth-order valence-electron chi connectivity index (χ4n) is 4.20. The van der Waals surface area contributed by atoms with Crippen molar-refractivity contribution in [1.82, 2.24) is 10.2 Å². The highest BCUT2D eigenvalue weighted by Crippen LogP contribution is 2.25. The summed E-state index contributed by atoms with van der Waals surface area (Å²) in [6.45, 7) is -0.126. The molecule has 1 N–H and O–H groups in total. The fourth-order valence-corrected chi connectivity index (χ4v) is 5.48. The van der Waals surface area contributed by atoms with Crippen LogP contribution in [0.5, 0.6) is 0 Å². The van der Waals surface area contributed by atoms with Gasteiger partial charge in [0.15, 0.2) is 11.6 Å². The molecule has 0 aromatic heterocycles. The zero-order chi connectivity index (χ0) is 29.4. The van der Waals surface area contributed by atoms with Gasteiger partial charge in [0.05, 0.1) is 22.0 Å². The van der Waals surface area contributed by atoms with E-state index >= 15 is 0 Å². The number of amides is 2. The Hall–Kier alpha value is -3.21. The minimum absolute atomic E-state index is 0.0413. The summed E-state index contributed by atoms with van der Waals surface area (Å²) < 4.78 is 53.0. The van der Waals surface area contributed by atoms with Gasteiger partial charge in [-0.05, 0) is 41.8 Å². The summed E-state index contributed by atoms with van der Waals surface area (Å²) in [6, 6.07) is 16.0. The van der Waals surface area contributed by atoms with Gasteiger partial charge in [-0.15, -0.1) is 0 Å². The quantitative estimate of drug-likeness (QED) is 0.305. The molecule has 0 aliphatic carbocycles. The Kier molecular flexibility index (Phi) is 10.9. The van der Waals surface area contributed by atoms with Gasteiger partial charge in [-0.3, -0.25) is 13.9 Å². The maximum Gasteiger partial charge on any atom is 0.242 e. The second-order valence-corrected chi connectivity index (χ2v) is 11.8. The molecule has 2 amide bonds. The van der Waals surface area contributed by atoms with Crippen LogP contribution in [0.1, 0.15) is 24.0 Å². The molecule has 3 rings (SSSR count). The third kappa shape index (κ3) is 8.39. The molecular formula is C28H29Cl2F2N3O4S. The molecule has 0 unspecified atom stereocenters. The number of halogens is 4. The number of sulfonamides is 1. The lowest BCUT2D eigenvalue weighted by Gasteiger charge is -2.31. The van der Waals surface area contributed by atoms with E-state index in [0.29, 0.717) is 15.6 Å². The Labute approximate surface area is 242 Å². The zero-order valence-corrected chi connectivity index (χ0v) is 24.2. The summed E-state index contributed by atoms with van der Waals surface area (Å²) in [4.78, 5) is 28.1. The summed E-state index contributed by atoms with van der Waals surface area (Å²) in [6.07, 6.45) is 1.10. The highest BCUT2D eigenvalue weighted by atomic mass is 35.5. The van der Waals surface area contributed by atoms with E-state index in [0.717, 1.165) is 34.3 Å². The number of nitrogens with one attached hydrogen (secondary N) is 1. The molecule has 12 heteroatoms. The second-order valence-electron chi connectivity index (χ2n) is 9.13. The van der Waals surface area contributed by atoms with Gasteiger partial charge in [0, 0.05) is 39.0 Å². The molecule has 214 valence electrons. The summed E-state index contributed by atoms with van der Waals surface area (Å²) in [5.41, 5.74) is 1.42. The molecular weight excluding hydrogens is 583 g/mol. The van der Waals surface area contributed by atoms with Gasteiger partial charge in [0.1, 0.15) is 6.04 Å². The first kappa shape index (κ1) is 31.3. The summed E-state index contributed by atoms with van der Waals surface area (Å²) in [7, 11) is -2.39. The summed E-state index contributed by atoms with van der Waals surface area (Å²) in [5, 5.41) is 3.25. The van der Waals surface area contributed by atoms with Crippen LogP contribution in [0.2, 0.25) is 10.0 Å². The van der Waals surface area contributed by atoms with Crippen LogP contribution < -0.4 is 9.62 Å². The number of hydrogen-bond acceptors (Lipinski definition) is 4. The van der Waals surface area contributed by atoms with E-state index < -0.39 is 33.6 Å². The van der Waals surface area contributed by atoms with Crippen LogP contribution in [0.4, 0.5) is 14.5 Å². The number of rotatable bonds is 12. The lowest BCUT2D eigenvalue weighted by molar-refractivity contribution is -0.141. The maximum absolute atomic E-state index is 13.8. The Morgan fingerprint density at radius 2 is 1.62 bits per heavy atom. The van der Waals surface area contributed by atoms with Crippen molar-refractivity contribution >= 4 is 50.7 Å². The van der Waals surface area contributed by atoms with Gasteiger partial charge in [-0.1, -0.05) is 59.6 Å². The summed E-state index contributed by atoms with van der Waals surface area (Å²) >= 11 is 12.2. The van der Waals surface area contributed by atoms with E-state index in [-0.39, 0.29) is 43.9 Å². The fraction of sp³-hybridized carbons (Fsp3) is 0.286. The lowest BCUT2D eigenvalue weighted by atomic mass is 10.0. The van der Waals surface area contributed by atoms with Crippen molar-refractivity contribution < 1.29 is 26.8 Å². The Morgan fingerprint density at radius 1 is 0.925 bits per heavy atom. The molecule has 0 heterocycles. The molecule has 0 radical (unpaired) electrons. The van der Waals surface area contributed by atoms with E-state index in [1.165, 1.54) is 11.9 Å². The molecule has 0 aliphatic rings. The number of likely N-dealkylation sites (N-methyl/N-ethyl adjacent to an activating group) is 1. The maximum atomic E-state index is 13.8. The molecule has 3 aromatic carbocycles. The van der Waals surface area contributed by atoms with E-state index in [2.05, 4.69) is 5.32 Å². The number of anilines is 1. The number of carbonyl (C=O) groups is 2. The molecule has 0 fully saturated rings. The third-order valence-corrected chi connectivity index (χ3v) is 8.13. The topological polar surface area (TPSA) is 86.8 Å². The normalized spacial score (nSPS) is 12.1. The van der Waals surface area contributed by atoms with Gasteiger partial charge in [0.2, 0.25) is 21.8 Å². The van der Waals surface area contributed by atoms with Crippen LogP contribution in [0.3, 0.4) is 0 Å². The molecule has 0 spiro atoms. The highest BCUT2D eigenvalue weighted by Gasteiger charge is 2.30. The number of nitrogens with zero attached hydrogens (tertiary/aromatic N) is 2. The van der Waals surface area contributed by atoms with Crippen molar-refractivity contribution in [1.29, 1.82) is 0 Å². The van der Waals surface area contributed by atoms with Crippen molar-refractivity contribution in [2.75, 3.05) is 24.2 Å². The van der Waals surface area contributed by atoms with E-state index in [4.69, 9.17) is 23.2 Å². The lowest BCUT2D eigenvalue weighted by Crippen LogP contribution is -2.49. The Morgan fingerprint density at radius 3 is 2.23 bits per heavy atom. The molecule has 40 heavy (non-hydrogen) atoms. The predicted octanol–water partition coefficient (Wildman–Crippen LogP) is 5.20. The van der Waals surface area contributed by atoms with Crippen LogP contribution in [-0.2, 0) is 32.6 Å². The number of benzene rings is 3. The Bertz CT molecular complexity index is 1460. The first-order valence-electron chi connectivity index (χ1n) is 12.3. The smallest absolute Gasteiger partial charge is 0.242 e. The highest BCUT2D eigenvalue weighted by molar-refractivity contribution is 7.92. The molecule has 7 nitrogen and oxygen atoms in total. The monoisotopic (exact) mass is 611 g/mol. The zero-order valence-electron chi connectivity index (χ0n) is 21.9. The molecule has 1 atom stereocenters. The van der Waals surface area contributed by atoms with Gasteiger partial charge < -0.3 is 10.2 Å². The average Bonchev–Trinajstić information content (AvgIpc) is 2.91. The average molecular weight is 613 g/mol. The van der Waals surface area contributed by atoms with Gasteiger partial charge in [-0.2, -0.15) is 0 Å². The van der Waals surface area contributed by atoms with E-state index in [1.807, 2.05) is 30.3 Å². The standard InChI is InChI=1S/C28H29Cl2F2N3O4S/c1-33-28(37)26(16-19-7-4-3-5-8-19)34(18-20-10-12-22(29)23(30)15-20)27(36)9-6-14-35(40(2,38)39)21-11-13-24(31)25(32)17-21/h3-5,7-8,10-13,15,17,26H,6,9,14,16,18H2,1-2H3,(H,33,37)/t26-/m1/s1. The molecule has 0 saturated carbocycles. The number of hydrogen-bond donors (Lipinski definition) is 1. The SMILES string of the molecule is CNC(=O)[C@@H](Cc1ccccc1)N(Cc1ccc(Cl)c(Cl)c1)C(=O)CCCN(c1ccc(F)c(F)c1)S(C)(=O)=O.